The molecule has 1 aliphatic rings. The Hall–Kier alpha value is -1.78. The van der Waals surface area contributed by atoms with Crippen molar-refractivity contribution in [2.24, 2.45) is 5.73 Å². The molecule has 4 heteroatoms. The van der Waals surface area contributed by atoms with E-state index in [0.717, 1.165) is 25.9 Å². The lowest BCUT2D eigenvalue weighted by molar-refractivity contribution is 0.0748. The zero-order valence-electron chi connectivity index (χ0n) is 22.6. The third kappa shape index (κ3) is 10.7. The minimum atomic E-state index is 0.379. The summed E-state index contributed by atoms with van der Waals surface area (Å²) in [7, 11) is 0. The van der Waals surface area contributed by atoms with Gasteiger partial charge in [-0.25, -0.2) is 0 Å². The number of nitrogens with two attached hydrogens (primary N) is 1. The molecule has 0 aromatic carbocycles. The third-order valence-corrected chi connectivity index (χ3v) is 5.02. The van der Waals surface area contributed by atoms with Crippen molar-refractivity contribution in [1.82, 2.24) is 14.9 Å². The number of rotatable bonds is 6. The Morgan fingerprint density at radius 3 is 2.00 bits per heavy atom. The highest BCUT2D eigenvalue weighted by molar-refractivity contribution is 5.23. The van der Waals surface area contributed by atoms with Crippen molar-refractivity contribution in [3.05, 3.63) is 59.7 Å². The van der Waals surface area contributed by atoms with Crippen molar-refractivity contribution >= 4 is 0 Å². The van der Waals surface area contributed by atoms with Gasteiger partial charge in [0.25, 0.3) is 0 Å². The Kier molecular flexibility index (Phi) is 22.7. The van der Waals surface area contributed by atoms with E-state index in [4.69, 9.17) is 10.7 Å². The van der Waals surface area contributed by atoms with Gasteiger partial charge >= 0.3 is 0 Å². The SMILES string of the molecule is CC.CC.CC.CC.Cc1cccnc1C1CCCC(c2ccccn2)N1CCCCN. The van der Waals surface area contributed by atoms with Gasteiger partial charge in [0.05, 0.1) is 23.5 Å². The second kappa shape index (κ2) is 22.4. The van der Waals surface area contributed by atoms with Crippen LogP contribution in [0.5, 0.6) is 0 Å². The molecule has 0 radical (unpaired) electrons. The van der Waals surface area contributed by atoms with Gasteiger partial charge in [0.15, 0.2) is 0 Å². The van der Waals surface area contributed by atoms with Crippen LogP contribution in [0.2, 0.25) is 0 Å². The van der Waals surface area contributed by atoms with E-state index in [-0.39, 0.29) is 0 Å². The topological polar surface area (TPSA) is 55.0 Å². The van der Waals surface area contributed by atoms with Crippen LogP contribution in [0.1, 0.15) is 117 Å². The molecule has 0 amide bonds. The molecule has 0 spiro atoms. The second-order valence-electron chi connectivity index (χ2n) is 6.66. The van der Waals surface area contributed by atoms with E-state index in [0.29, 0.717) is 12.1 Å². The molecule has 3 rings (SSSR count). The van der Waals surface area contributed by atoms with E-state index in [2.05, 4.69) is 35.0 Å². The summed E-state index contributed by atoms with van der Waals surface area (Å²) in [6.07, 6.45) is 9.58. The lowest BCUT2D eigenvalue weighted by Gasteiger charge is -2.42. The molecule has 2 unspecified atom stereocenters. The van der Waals surface area contributed by atoms with Gasteiger partial charge in [-0.15, -0.1) is 0 Å². The molecule has 1 fully saturated rings. The summed E-state index contributed by atoms with van der Waals surface area (Å²) in [4.78, 5) is 12.0. The number of aryl methyl sites for hydroxylation is 1. The van der Waals surface area contributed by atoms with Crippen LogP contribution >= 0.6 is 0 Å². The van der Waals surface area contributed by atoms with E-state index in [1.165, 1.54) is 36.2 Å². The molecule has 3 heterocycles. The predicted molar refractivity (Wildman–Crippen MR) is 143 cm³/mol. The highest BCUT2D eigenvalue weighted by Gasteiger charge is 2.34. The fourth-order valence-corrected chi connectivity index (χ4v) is 3.84. The van der Waals surface area contributed by atoms with E-state index < -0.39 is 0 Å². The van der Waals surface area contributed by atoms with Crippen LogP contribution in [0, 0.1) is 6.92 Å². The average Bonchev–Trinajstić information content (AvgIpc) is 2.90. The first-order chi connectivity index (χ1) is 15.8. The molecule has 0 bridgehead atoms. The summed E-state index contributed by atoms with van der Waals surface area (Å²) >= 11 is 0. The fourth-order valence-electron chi connectivity index (χ4n) is 3.84. The maximum absolute atomic E-state index is 5.72. The van der Waals surface area contributed by atoms with Crippen LogP contribution < -0.4 is 5.73 Å². The van der Waals surface area contributed by atoms with E-state index in [9.17, 15) is 0 Å². The minimum Gasteiger partial charge on any atom is -0.330 e. The van der Waals surface area contributed by atoms with Gasteiger partial charge in [-0.1, -0.05) is 67.5 Å². The monoisotopic (exact) mass is 444 g/mol. The third-order valence-electron chi connectivity index (χ3n) is 5.02. The van der Waals surface area contributed by atoms with Crippen LogP contribution in [-0.2, 0) is 0 Å². The maximum atomic E-state index is 5.72. The lowest BCUT2D eigenvalue weighted by atomic mass is 9.89. The summed E-state index contributed by atoms with van der Waals surface area (Å²) < 4.78 is 0. The molecule has 32 heavy (non-hydrogen) atoms. The molecule has 1 saturated heterocycles. The van der Waals surface area contributed by atoms with Gasteiger partial charge in [-0.05, 0) is 75.9 Å². The zero-order chi connectivity index (χ0) is 24.8. The Balaban J connectivity index is 0. The van der Waals surface area contributed by atoms with Crippen molar-refractivity contribution < 1.29 is 0 Å². The van der Waals surface area contributed by atoms with Gasteiger partial charge in [0, 0.05) is 12.4 Å². The van der Waals surface area contributed by atoms with Gasteiger partial charge < -0.3 is 5.73 Å². The number of piperidine rings is 1. The number of hydrogen-bond acceptors (Lipinski definition) is 4. The molecule has 2 aromatic heterocycles. The molecule has 1 aliphatic heterocycles. The summed E-state index contributed by atoms with van der Waals surface area (Å²) in [5.41, 5.74) is 9.41. The molecule has 2 N–H and O–H groups in total. The number of aromatic nitrogens is 2. The summed E-state index contributed by atoms with van der Waals surface area (Å²) in [5.74, 6) is 0. The highest BCUT2D eigenvalue weighted by atomic mass is 15.2. The number of likely N-dealkylation sites (tertiary alicyclic amines) is 1. The van der Waals surface area contributed by atoms with Crippen LogP contribution in [0.25, 0.3) is 0 Å². The largest absolute Gasteiger partial charge is 0.330 e. The fraction of sp³-hybridized carbons (Fsp3) is 0.643. The van der Waals surface area contributed by atoms with Crippen molar-refractivity contribution in [3.8, 4) is 0 Å². The first-order valence-electron chi connectivity index (χ1n) is 13.1. The van der Waals surface area contributed by atoms with Crippen molar-refractivity contribution in [2.45, 2.75) is 107 Å². The van der Waals surface area contributed by atoms with Crippen LogP contribution in [0.3, 0.4) is 0 Å². The summed E-state index contributed by atoms with van der Waals surface area (Å²) in [6, 6.07) is 11.2. The van der Waals surface area contributed by atoms with E-state index >= 15 is 0 Å². The first kappa shape index (κ1) is 32.4. The number of pyridine rings is 2. The highest BCUT2D eigenvalue weighted by Crippen LogP contribution is 2.41. The van der Waals surface area contributed by atoms with Gasteiger partial charge in [-0.3, -0.25) is 14.9 Å². The smallest absolute Gasteiger partial charge is 0.0604 e. The first-order valence-corrected chi connectivity index (χ1v) is 13.1. The van der Waals surface area contributed by atoms with Gasteiger partial charge in [-0.2, -0.15) is 0 Å². The van der Waals surface area contributed by atoms with Crippen LogP contribution in [0.4, 0.5) is 0 Å². The Bertz CT molecular complexity index is 630. The molecule has 0 aliphatic carbocycles. The molecule has 2 aromatic rings. The minimum absolute atomic E-state index is 0.379. The molecule has 184 valence electrons. The Morgan fingerprint density at radius 1 is 0.812 bits per heavy atom. The molecular formula is C28H52N4. The van der Waals surface area contributed by atoms with Crippen molar-refractivity contribution in [2.75, 3.05) is 13.1 Å². The van der Waals surface area contributed by atoms with Gasteiger partial charge in [0.1, 0.15) is 0 Å². The number of nitrogens with zero attached hydrogens (tertiary/aromatic N) is 3. The number of unbranched alkanes of at least 4 members (excludes halogenated alkanes) is 1. The zero-order valence-corrected chi connectivity index (χ0v) is 22.6. The quantitative estimate of drug-likeness (QED) is 0.460. The van der Waals surface area contributed by atoms with Gasteiger partial charge in [0.2, 0.25) is 0 Å². The normalized spacial score (nSPS) is 17.1. The Labute approximate surface area is 200 Å². The predicted octanol–water partition coefficient (Wildman–Crippen LogP) is 7.90. The van der Waals surface area contributed by atoms with E-state index in [1.54, 1.807) is 0 Å². The van der Waals surface area contributed by atoms with Crippen molar-refractivity contribution in [1.29, 1.82) is 0 Å². The summed E-state index contributed by atoms with van der Waals surface area (Å²) in [5, 5.41) is 0. The average molecular weight is 445 g/mol. The standard InChI is InChI=1S/C20H28N4.4C2H6/c1-16-8-7-14-23-20(16)19-11-6-10-18(17-9-2-4-13-22-17)24(19)15-5-3-12-21;4*1-2/h2,4,7-9,13-14,18-19H,3,5-6,10-12,15,21H2,1H3;4*1-2H3. The maximum Gasteiger partial charge on any atom is 0.0604 e. The second-order valence-corrected chi connectivity index (χ2v) is 6.66. The Morgan fingerprint density at radius 2 is 1.44 bits per heavy atom. The van der Waals surface area contributed by atoms with E-state index in [1.807, 2.05) is 79.9 Å². The van der Waals surface area contributed by atoms with Crippen LogP contribution in [0.15, 0.2) is 42.7 Å². The van der Waals surface area contributed by atoms with Crippen LogP contribution in [-0.4, -0.2) is 28.0 Å². The molecular weight excluding hydrogens is 392 g/mol. The molecule has 0 saturated carbocycles. The molecule has 4 nitrogen and oxygen atoms in total. The number of hydrogen-bond donors (Lipinski definition) is 1. The molecule has 2 atom stereocenters. The lowest BCUT2D eigenvalue weighted by Crippen LogP contribution is -2.38. The summed E-state index contributed by atoms with van der Waals surface area (Å²) in [6.45, 7) is 20.0. The van der Waals surface area contributed by atoms with Crippen molar-refractivity contribution in [3.63, 3.8) is 0 Å².